The Bertz CT molecular complexity index is 1130. The van der Waals surface area contributed by atoms with Gasteiger partial charge in [0.15, 0.2) is 0 Å². The topological polar surface area (TPSA) is 68.7 Å². The Labute approximate surface area is 176 Å². The van der Waals surface area contributed by atoms with Crippen LogP contribution in [0.2, 0.25) is 0 Å². The smallest absolute Gasteiger partial charge is 0.481 e. The van der Waals surface area contributed by atoms with E-state index in [4.69, 9.17) is 5.11 Å². The molecule has 3 rings (SSSR count). The molecule has 0 aliphatic rings. The molecule has 0 radical (unpaired) electrons. The van der Waals surface area contributed by atoms with Gasteiger partial charge in [-0.1, -0.05) is 30.3 Å². The lowest BCUT2D eigenvalue weighted by atomic mass is 9.96. The van der Waals surface area contributed by atoms with Crippen LogP contribution in [-0.2, 0) is 11.2 Å². The van der Waals surface area contributed by atoms with Crippen molar-refractivity contribution in [1.82, 2.24) is 4.98 Å². The highest BCUT2D eigenvalue weighted by atomic mass is 19.4. The van der Waals surface area contributed by atoms with E-state index >= 15 is 0 Å². The van der Waals surface area contributed by atoms with Crippen molar-refractivity contribution in [2.24, 2.45) is 0 Å². The molecule has 5 nitrogen and oxygen atoms in total. The molecule has 0 spiro atoms. The van der Waals surface area contributed by atoms with E-state index in [1.54, 1.807) is 0 Å². The lowest BCUT2D eigenvalue weighted by Crippen LogP contribution is -2.18. The molecule has 0 aliphatic heterocycles. The van der Waals surface area contributed by atoms with Crippen molar-refractivity contribution in [3.05, 3.63) is 66.4 Å². The Morgan fingerprint density at radius 3 is 1.84 bits per heavy atom. The molecule has 1 heterocycles. The third kappa shape index (κ3) is 5.90. The maximum Gasteiger partial charge on any atom is 0.573 e. The number of nitrogens with zero attached hydrogens (tertiary/aromatic N) is 1. The lowest BCUT2D eigenvalue weighted by Gasteiger charge is -2.18. The Morgan fingerprint density at radius 1 is 0.812 bits per heavy atom. The number of halogens is 6. The molecule has 0 saturated heterocycles. The van der Waals surface area contributed by atoms with E-state index in [1.165, 1.54) is 42.5 Å². The quantitative estimate of drug-likeness (QED) is 0.471. The number of rotatable bonds is 6. The zero-order valence-corrected chi connectivity index (χ0v) is 15.9. The van der Waals surface area contributed by atoms with E-state index in [9.17, 15) is 31.1 Å². The van der Waals surface area contributed by atoms with Crippen molar-refractivity contribution in [1.29, 1.82) is 0 Å². The average molecular weight is 457 g/mol. The third-order valence-electron chi connectivity index (χ3n) is 4.07. The minimum absolute atomic E-state index is 0.0678. The summed E-state index contributed by atoms with van der Waals surface area (Å²) in [5, 5.41) is 9.05. The number of alkyl halides is 6. The van der Waals surface area contributed by atoms with E-state index < -0.39 is 36.6 Å². The summed E-state index contributed by atoms with van der Waals surface area (Å²) < 4.78 is 85.4. The summed E-state index contributed by atoms with van der Waals surface area (Å²) in [4.78, 5) is 15.1. The van der Waals surface area contributed by atoms with Crippen LogP contribution in [0.3, 0.4) is 0 Å². The predicted octanol–water partition coefficient (Wildman–Crippen LogP) is 5.84. The van der Waals surface area contributed by atoms with Crippen LogP contribution < -0.4 is 9.47 Å². The molecular formula is C21H13F6NO4. The van der Waals surface area contributed by atoms with Crippen LogP contribution in [0.25, 0.3) is 22.4 Å². The highest BCUT2D eigenvalue weighted by Crippen LogP contribution is 2.42. The van der Waals surface area contributed by atoms with Crippen molar-refractivity contribution in [2.45, 2.75) is 19.1 Å². The lowest BCUT2D eigenvalue weighted by molar-refractivity contribution is -0.275. The van der Waals surface area contributed by atoms with E-state index in [1.807, 2.05) is 0 Å². The van der Waals surface area contributed by atoms with E-state index in [-0.39, 0.29) is 27.9 Å². The fourth-order valence-corrected chi connectivity index (χ4v) is 2.98. The molecule has 168 valence electrons. The average Bonchev–Trinajstić information content (AvgIpc) is 2.66. The van der Waals surface area contributed by atoms with Gasteiger partial charge in [-0.15, -0.1) is 26.3 Å². The molecule has 11 heteroatoms. The molecular weight excluding hydrogens is 444 g/mol. The van der Waals surface area contributed by atoms with Gasteiger partial charge in [-0.05, 0) is 29.8 Å². The van der Waals surface area contributed by atoms with Gasteiger partial charge < -0.3 is 14.6 Å². The van der Waals surface area contributed by atoms with Crippen LogP contribution in [-0.4, -0.2) is 28.8 Å². The second-order valence-corrected chi connectivity index (χ2v) is 6.40. The minimum atomic E-state index is -5.04. The first-order valence-electron chi connectivity index (χ1n) is 8.84. The first-order chi connectivity index (χ1) is 14.9. The largest absolute Gasteiger partial charge is 0.573 e. The Kier molecular flexibility index (Phi) is 6.28. The Hall–Kier alpha value is -3.76. The minimum Gasteiger partial charge on any atom is -0.481 e. The number of pyridine rings is 1. The number of para-hydroxylation sites is 2. The van der Waals surface area contributed by atoms with E-state index in [0.29, 0.717) is 0 Å². The number of carboxylic acid groups (broad SMARTS) is 1. The molecule has 0 atom stereocenters. The molecule has 0 aliphatic carbocycles. The van der Waals surface area contributed by atoms with Crippen LogP contribution in [0, 0.1) is 0 Å². The maximum absolute atomic E-state index is 12.9. The molecule has 0 amide bonds. The summed E-state index contributed by atoms with van der Waals surface area (Å²) in [6.45, 7) is 0. The molecule has 3 aromatic rings. The normalized spacial score (nSPS) is 11.8. The van der Waals surface area contributed by atoms with Crippen LogP contribution in [0.1, 0.15) is 5.56 Å². The van der Waals surface area contributed by atoms with Gasteiger partial charge in [-0.3, -0.25) is 9.78 Å². The van der Waals surface area contributed by atoms with Crippen LogP contribution in [0.15, 0.2) is 60.8 Å². The number of hydrogen-bond donors (Lipinski definition) is 1. The van der Waals surface area contributed by atoms with Crippen LogP contribution >= 0.6 is 0 Å². The summed E-state index contributed by atoms with van der Waals surface area (Å²) >= 11 is 0. The second kappa shape index (κ2) is 8.77. The molecule has 2 aromatic carbocycles. The van der Waals surface area contributed by atoms with Gasteiger partial charge in [0.05, 0.1) is 12.1 Å². The van der Waals surface area contributed by atoms with E-state index in [2.05, 4.69) is 14.5 Å². The highest BCUT2D eigenvalue weighted by Gasteiger charge is 2.34. The molecule has 0 fully saturated rings. The highest BCUT2D eigenvalue weighted by molar-refractivity contribution is 5.86. The fraction of sp³-hybridized carbons (Fsp3) is 0.143. The monoisotopic (exact) mass is 457 g/mol. The number of aliphatic carboxylic acids is 1. The van der Waals surface area contributed by atoms with Gasteiger partial charge in [0.1, 0.15) is 11.5 Å². The zero-order chi connectivity index (χ0) is 23.5. The number of benzene rings is 2. The summed E-state index contributed by atoms with van der Waals surface area (Å²) in [7, 11) is 0. The number of hydrogen-bond acceptors (Lipinski definition) is 4. The van der Waals surface area contributed by atoms with E-state index in [0.717, 1.165) is 18.3 Å². The Morgan fingerprint density at radius 2 is 1.31 bits per heavy atom. The second-order valence-electron chi connectivity index (χ2n) is 6.40. The molecule has 32 heavy (non-hydrogen) atoms. The molecule has 0 saturated carbocycles. The first-order valence-corrected chi connectivity index (χ1v) is 8.84. The van der Waals surface area contributed by atoms with Gasteiger partial charge in [0.2, 0.25) is 0 Å². The first kappa shape index (κ1) is 22.9. The molecule has 0 unspecified atom stereocenters. The number of carbonyl (C=O) groups is 1. The number of ether oxygens (including phenoxy) is 2. The summed E-state index contributed by atoms with van der Waals surface area (Å²) in [5.74, 6) is -2.50. The van der Waals surface area contributed by atoms with Gasteiger partial charge >= 0.3 is 18.7 Å². The molecule has 1 N–H and O–H groups in total. The third-order valence-corrected chi connectivity index (χ3v) is 4.07. The standard InChI is InChI=1S/C21H13F6NO4/c22-20(23,24)31-16-7-3-1-5-13(16)15-9-12(10-18(29)30)11-28-19(15)14-6-2-4-8-17(14)32-21(25,26)27/h1-9,11H,10H2,(H,29,30). The zero-order valence-electron chi connectivity index (χ0n) is 15.9. The van der Waals surface area contributed by atoms with Gasteiger partial charge in [-0.25, -0.2) is 0 Å². The van der Waals surface area contributed by atoms with Crippen molar-refractivity contribution in [3.8, 4) is 33.9 Å². The van der Waals surface area contributed by atoms with Crippen molar-refractivity contribution < 1.29 is 45.7 Å². The predicted molar refractivity (Wildman–Crippen MR) is 99.8 cm³/mol. The summed E-state index contributed by atoms with van der Waals surface area (Å²) in [6.07, 6.45) is -9.47. The number of aromatic nitrogens is 1. The summed E-state index contributed by atoms with van der Waals surface area (Å²) in [6, 6.07) is 11.1. The van der Waals surface area contributed by atoms with Gasteiger partial charge in [0.25, 0.3) is 0 Å². The molecule has 0 bridgehead atoms. The van der Waals surface area contributed by atoms with Gasteiger partial charge in [0, 0.05) is 22.9 Å². The van der Waals surface area contributed by atoms with Crippen LogP contribution in [0.5, 0.6) is 11.5 Å². The van der Waals surface area contributed by atoms with Crippen molar-refractivity contribution in [2.75, 3.05) is 0 Å². The van der Waals surface area contributed by atoms with Gasteiger partial charge in [-0.2, -0.15) is 0 Å². The van der Waals surface area contributed by atoms with Crippen molar-refractivity contribution in [3.63, 3.8) is 0 Å². The van der Waals surface area contributed by atoms with Crippen LogP contribution in [0.4, 0.5) is 26.3 Å². The number of carboxylic acids is 1. The Balaban J connectivity index is 2.25. The SMILES string of the molecule is O=C(O)Cc1cnc(-c2ccccc2OC(F)(F)F)c(-c2ccccc2OC(F)(F)F)c1. The maximum atomic E-state index is 12.9. The van der Waals surface area contributed by atoms with Crippen molar-refractivity contribution >= 4 is 5.97 Å². The fourth-order valence-electron chi connectivity index (χ4n) is 2.98. The molecule has 1 aromatic heterocycles. The summed E-state index contributed by atoms with van der Waals surface area (Å²) in [5.41, 5.74) is -0.420.